The fourth-order valence-electron chi connectivity index (χ4n) is 3.67. The van der Waals surface area contributed by atoms with Gasteiger partial charge in [-0.2, -0.15) is 0 Å². The molecule has 27 heavy (non-hydrogen) atoms. The summed E-state index contributed by atoms with van der Waals surface area (Å²) in [5.74, 6) is -0.621. The monoisotopic (exact) mass is 369 g/mol. The van der Waals surface area contributed by atoms with E-state index in [1.807, 2.05) is 12.1 Å². The number of benzene rings is 2. The highest BCUT2D eigenvalue weighted by molar-refractivity contribution is 5.98. The van der Waals surface area contributed by atoms with Crippen molar-refractivity contribution in [3.8, 4) is 0 Å². The molecule has 2 heterocycles. The quantitative estimate of drug-likeness (QED) is 0.708. The lowest BCUT2D eigenvalue weighted by Gasteiger charge is -2.34. The summed E-state index contributed by atoms with van der Waals surface area (Å²) < 4.78 is 29.6. The van der Waals surface area contributed by atoms with Crippen LogP contribution in [0.5, 0.6) is 0 Å². The minimum absolute atomic E-state index is 0.0985. The number of fused-ring (bicyclic) bond motifs is 1. The van der Waals surface area contributed by atoms with Crippen molar-refractivity contribution in [2.45, 2.75) is 6.54 Å². The second-order valence-electron chi connectivity index (χ2n) is 6.92. The lowest BCUT2D eigenvalue weighted by molar-refractivity contribution is 0.0618. The maximum Gasteiger partial charge on any atom is 0.270 e. The number of hydrogen-bond donors (Lipinski definition) is 0. The Morgan fingerprint density at radius 3 is 2.37 bits per heavy atom. The lowest BCUT2D eigenvalue weighted by Crippen LogP contribution is -2.48. The highest BCUT2D eigenvalue weighted by atomic mass is 19.1. The normalized spacial score (nSPS) is 15.4. The molecular formula is C21H21F2N3O. The average Bonchev–Trinajstić information content (AvgIpc) is 3.02. The van der Waals surface area contributed by atoms with Crippen LogP contribution in [-0.2, 0) is 13.6 Å². The Kier molecular flexibility index (Phi) is 4.66. The van der Waals surface area contributed by atoms with Crippen molar-refractivity contribution >= 4 is 16.8 Å². The molecule has 2 aromatic carbocycles. The van der Waals surface area contributed by atoms with Gasteiger partial charge in [0.2, 0.25) is 0 Å². The van der Waals surface area contributed by atoms with Gasteiger partial charge in [0.05, 0.1) is 5.52 Å². The van der Waals surface area contributed by atoms with E-state index >= 15 is 0 Å². The van der Waals surface area contributed by atoms with E-state index in [2.05, 4.69) is 4.90 Å². The molecule has 1 fully saturated rings. The zero-order valence-electron chi connectivity index (χ0n) is 15.2. The van der Waals surface area contributed by atoms with E-state index in [1.165, 1.54) is 12.1 Å². The number of aromatic nitrogens is 1. The van der Waals surface area contributed by atoms with Crippen molar-refractivity contribution < 1.29 is 13.6 Å². The van der Waals surface area contributed by atoms with Crippen molar-refractivity contribution in [1.82, 2.24) is 14.4 Å². The Morgan fingerprint density at radius 2 is 1.67 bits per heavy atom. The van der Waals surface area contributed by atoms with E-state index in [0.717, 1.165) is 0 Å². The van der Waals surface area contributed by atoms with Crippen LogP contribution >= 0.6 is 0 Å². The van der Waals surface area contributed by atoms with Gasteiger partial charge in [-0.15, -0.1) is 0 Å². The van der Waals surface area contributed by atoms with Crippen molar-refractivity contribution in [1.29, 1.82) is 0 Å². The minimum atomic E-state index is -0.322. The van der Waals surface area contributed by atoms with Gasteiger partial charge in [-0.1, -0.05) is 24.3 Å². The van der Waals surface area contributed by atoms with E-state index in [9.17, 15) is 13.6 Å². The number of halogens is 2. The largest absolute Gasteiger partial charge is 0.340 e. The molecule has 0 bridgehead atoms. The molecule has 0 spiro atoms. The van der Waals surface area contributed by atoms with Crippen LogP contribution in [0.2, 0.25) is 0 Å². The van der Waals surface area contributed by atoms with Gasteiger partial charge >= 0.3 is 0 Å². The predicted octanol–water partition coefficient (Wildman–Crippen LogP) is 3.41. The number of piperazine rings is 1. The summed E-state index contributed by atoms with van der Waals surface area (Å²) in [4.78, 5) is 16.8. The molecule has 1 amide bonds. The topological polar surface area (TPSA) is 28.5 Å². The van der Waals surface area contributed by atoms with Crippen LogP contribution in [0.4, 0.5) is 8.78 Å². The molecule has 1 saturated heterocycles. The standard InChI is InChI=1S/C21H21F2N3O/c1-24-19-8-4-7-18(23)16(19)13-20(24)21(27)26-11-9-25(10-12-26)14-15-5-2-3-6-17(15)22/h2-8,13H,9-12,14H2,1H3. The Hall–Kier alpha value is -2.73. The van der Waals surface area contributed by atoms with Gasteiger partial charge in [-0.05, 0) is 24.3 Å². The fraction of sp³-hybridized carbons (Fsp3) is 0.286. The maximum atomic E-state index is 14.0. The first-order chi connectivity index (χ1) is 13.0. The SMILES string of the molecule is Cn1c(C(=O)N2CCN(Cc3ccccc3F)CC2)cc2c(F)cccc21. The highest BCUT2D eigenvalue weighted by Crippen LogP contribution is 2.23. The molecule has 0 unspecified atom stereocenters. The summed E-state index contributed by atoms with van der Waals surface area (Å²) in [6, 6.07) is 13.2. The van der Waals surface area contributed by atoms with Gasteiger partial charge in [0.15, 0.2) is 0 Å². The van der Waals surface area contributed by atoms with Crippen LogP contribution in [0.3, 0.4) is 0 Å². The molecule has 0 aliphatic carbocycles. The number of amides is 1. The highest BCUT2D eigenvalue weighted by Gasteiger charge is 2.25. The first-order valence-electron chi connectivity index (χ1n) is 9.03. The van der Waals surface area contributed by atoms with E-state index in [1.54, 1.807) is 40.8 Å². The van der Waals surface area contributed by atoms with Crippen LogP contribution in [0.15, 0.2) is 48.5 Å². The average molecular weight is 369 g/mol. The Balaban J connectivity index is 1.45. The molecule has 1 aliphatic heterocycles. The van der Waals surface area contributed by atoms with Crippen molar-refractivity contribution in [3.63, 3.8) is 0 Å². The Labute approximate surface area is 156 Å². The van der Waals surface area contributed by atoms with Gasteiger partial charge in [0.1, 0.15) is 17.3 Å². The molecule has 0 radical (unpaired) electrons. The van der Waals surface area contributed by atoms with Gasteiger partial charge in [-0.3, -0.25) is 9.69 Å². The van der Waals surface area contributed by atoms with Crippen molar-refractivity contribution in [3.05, 3.63) is 71.4 Å². The summed E-state index contributed by atoms with van der Waals surface area (Å²) in [6.45, 7) is 3.03. The summed E-state index contributed by atoms with van der Waals surface area (Å²) in [5, 5.41) is 0.460. The number of nitrogens with zero attached hydrogens (tertiary/aromatic N) is 3. The number of carbonyl (C=O) groups is 1. The molecule has 1 aromatic heterocycles. The second kappa shape index (κ2) is 7.12. The van der Waals surface area contributed by atoms with Gasteiger partial charge in [0, 0.05) is 50.7 Å². The lowest BCUT2D eigenvalue weighted by atomic mass is 10.2. The Bertz CT molecular complexity index is 990. The number of aryl methyl sites for hydroxylation is 1. The third kappa shape index (κ3) is 3.32. The molecule has 0 N–H and O–H groups in total. The number of rotatable bonds is 3. The summed E-state index contributed by atoms with van der Waals surface area (Å²) in [6.07, 6.45) is 0. The van der Waals surface area contributed by atoms with Crippen LogP contribution in [0, 0.1) is 11.6 Å². The molecule has 140 valence electrons. The number of carbonyl (C=O) groups excluding carboxylic acids is 1. The molecule has 1 aliphatic rings. The van der Waals surface area contributed by atoms with E-state index in [0.29, 0.717) is 54.9 Å². The van der Waals surface area contributed by atoms with Gasteiger partial charge in [0.25, 0.3) is 5.91 Å². The third-order valence-corrected chi connectivity index (χ3v) is 5.26. The second-order valence-corrected chi connectivity index (χ2v) is 6.92. The summed E-state index contributed by atoms with van der Waals surface area (Å²) in [5.41, 5.74) is 1.86. The van der Waals surface area contributed by atoms with Gasteiger partial charge in [-0.25, -0.2) is 8.78 Å². The van der Waals surface area contributed by atoms with Crippen LogP contribution < -0.4 is 0 Å². The third-order valence-electron chi connectivity index (χ3n) is 5.26. The van der Waals surface area contributed by atoms with Crippen LogP contribution in [0.1, 0.15) is 16.1 Å². The van der Waals surface area contributed by atoms with Crippen molar-refractivity contribution in [2.75, 3.05) is 26.2 Å². The van der Waals surface area contributed by atoms with E-state index in [-0.39, 0.29) is 17.5 Å². The fourth-order valence-corrected chi connectivity index (χ4v) is 3.67. The first kappa shape index (κ1) is 17.7. The first-order valence-corrected chi connectivity index (χ1v) is 9.03. The smallest absolute Gasteiger partial charge is 0.270 e. The van der Waals surface area contributed by atoms with E-state index < -0.39 is 0 Å². The summed E-state index contributed by atoms with van der Waals surface area (Å²) in [7, 11) is 1.78. The number of hydrogen-bond acceptors (Lipinski definition) is 2. The Morgan fingerprint density at radius 1 is 0.963 bits per heavy atom. The maximum absolute atomic E-state index is 14.0. The molecule has 0 atom stereocenters. The minimum Gasteiger partial charge on any atom is -0.340 e. The zero-order chi connectivity index (χ0) is 19.0. The molecule has 0 saturated carbocycles. The van der Waals surface area contributed by atoms with Crippen LogP contribution in [-0.4, -0.2) is 46.5 Å². The molecule has 6 heteroatoms. The van der Waals surface area contributed by atoms with Crippen LogP contribution in [0.25, 0.3) is 10.9 Å². The molecule has 3 aromatic rings. The molecule has 4 rings (SSSR count). The van der Waals surface area contributed by atoms with Gasteiger partial charge < -0.3 is 9.47 Å². The zero-order valence-corrected chi connectivity index (χ0v) is 15.2. The summed E-state index contributed by atoms with van der Waals surface area (Å²) >= 11 is 0. The molecular weight excluding hydrogens is 348 g/mol. The predicted molar refractivity (Wildman–Crippen MR) is 100 cm³/mol. The van der Waals surface area contributed by atoms with E-state index in [4.69, 9.17) is 0 Å². The van der Waals surface area contributed by atoms with Crippen molar-refractivity contribution in [2.24, 2.45) is 7.05 Å². The molecule has 4 nitrogen and oxygen atoms in total.